The van der Waals surface area contributed by atoms with Crippen LogP contribution < -0.4 is 9.47 Å². The van der Waals surface area contributed by atoms with Gasteiger partial charge in [0, 0.05) is 17.5 Å². The molecule has 28 heavy (non-hydrogen) atoms. The van der Waals surface area contributed by atoms with E-state index in [0.717, 1.165) is 22.1 Å². The van der Waals surface area contributed by atoms with Crippen molar-refractivity contribution in [3.63, 3.8) is 0 Å². The van der Waals surface area contributed by atoms with Gasteiger partial charge in [-0.05, 0) is 32.0 Å². The Hall–Kier alpha value is -3.14. The molecule has 0 bridgehead atoms. The first-order chi connectivity index (χ1) is 13.6. The lowest BCUT2D eigenvalue weighted by Crippen LogP contribution is -1.97. The molecule has 0 aliphatic rings. The Morgan fingerprint density at radius 1 is 1.07 bits per heavy atom. The van der Waals surface area contributed by atoms with Crippen LogP contribution in [0.5, 0.6) is 11.5 Å². The van der Waals surface area contributed by atoms with E-state index in [4.69, 9.17) is 14.0 Å². The molecule has 4 aromatic rings. The van der Waals surface area contributed by atoms with Crippen LogP contribution in [0.3, 0.4) is 0 Å². The number of nitrogens with zero attached hydrogens (tertiary/aromatic N) is 6. The number of thioether (sulfide) groups is 1. The van der Waals surface area contributed by atoms with Crippen molar-refractivity contribution in [3.05, 3.63) is 41.5 Å². The van der Waals surface area contributed by atoms with Crippen LogP contribution in [0.25, 0.3) is 17.2 Å². The highest BCUT2D eigenvalue weighted by Gasteiger charge is 2.16. The van der Waals surface area contributed by atoms with E-state index in [0.29, 0.717) is 34.7 Å². The van der Waals surface area contributed by atoms with Crippen molar-refractivity contribution < 1.29 is 14.0 Å². The molecule has 0 unspecified atom stereocenters. The maximum atomic E-state index is 5.41. The van der Waals surface area contributed by atoms with Crippen LogP contribution in [0.1, 0.15) is 17.3 Å². The molecular weight excluding hydrogens is 380 g/mol. The maximum absolute atomic E-state index is 5.41. The SMILES string of the molecule is COc1ccc(-c2noc(CSc3nnc4nc(C)cc(C)n34)n2)c(OC)c1. The van der Waals surface area contributed by atoms with Crippen molar-refractivity contribution in [2.45, 2.75) is 24.8 Å². The summed E-state index contributed by atoms with van der Waals surface area (Å²) in [5.74, 6) is 3.27. The molecule has 0 saturated heterocycles. The summed E-state index contributed by atoms with van der Waals surface area (Å²) in [6.07, 6.45) is 0. The average Bonchev–Trinajstić information content (AvgIpc) is 3.32. The van der Waals surface area contributed by atoms with Crippen LogP contribution in [0.4, 0.5) is 0 Å². The predicted molar refractivity (Wildman–Crippen MR) is 103 cm³/mol. The Kier molecular flexibility index (Phi) is 4.86. The number of ether oxygens (including phenoxy) is 2. The number of aromatic nitrogens is 6. The van der Waals surface area contributed by atoms with Crippen LogP contribution >= 0.6 is 11.8 Å². The van der Waals surface area contributed by atoms with Crippen LogP contribution in [-0.4, -0.2) is 43.9 Å². The monoisotopic (exact) mass is 398 g/mol. The molecule has 3 aromatic heterocycles. The van der Waals surface area contributed by atoms with E-state index in [1.807, 2.05) is 36.4 Å². The van der Waals surface area contributed by atoms with E-state index in [-0.39, 0.29) is 0 Å². The molecule has 0 fully saturated rings. The van der Waals surface area contributed by atoms with Gasteiger partial charge in [-0.25, -0.2) is 4.98 Å². The zero-order valence-electron chi connectivity index (χ0n) is 15.8. The maximum Gasteiger partial charge on any atom is 0.256 e. The van der Waals surface area contributed by atoms with E-state index in [9.17, 15) is 0 Å². The van der Waals surface area contributed by atoms with Crippen LogP contribution in [-0.2, 0) is 5.75 Å². The molecule has 0 aliphatic carbocycles. The summed E-state index contributed by atoms with van der Waals surface area (Å²) in [5.41, 5.74) is 2.65. The van der Waals surface area contributed by atoms with Crippen molar-refractivity contribution in [1.29, 1.82) is 0 Å². The molecule has 0 atom stereocenters. The van der Waals surface area contributed by atoms with Gasteiger partial charge in [0.1, 0.15) is 11.5 Å². The normalized spacial score (nSPS) is 11.1. The van der Waals surface area contributed by atoms with Crippen LogP contribution in [0.2, 0.25) is 0 Å². The fourth-order valence-corrected chi connectivity index (χ4v) is 3.65. The number of rotatable bonds is 6. The van der Waals surface area contributed by atoms with Gasteiger partial charge in [-0.3, -0.25) is 4.40 Å². The van der Waals surface area contributed by atoms with Crippen molar-refractivity contribution in [2.24, 2.45) is 0 Å². The first-order valence-electron chi connectivity index (χ1n) is 8.46. The van der Waals surface area contributed by atoms with Gasteiger partial charge in [0.2, 0.25) is 11.7 Å². The van der Waals surface area contributed by atoms with Crippen LogP contribution in [0.15, 0.2) is 33.9 Å². The quantitative estimate of drug-likeness (QED) is 0.453. The fourth-order valence-electron chi connectivity index (χ4n) is 2.83. The zero-order valence-corrected chi connectivity index (χ0v) is 16.6. The molecule has 0 spiro atoms. The molecule has 0 radical (unpaired) electrons. The highest BCUT2D eigenvalue weighted by atomic mass is 32.2. The van der Waals surface area contributed by atoms with Gasteiger partial charge < -0.3 is 14.0 Å². The molecular formula is C18H18N6O3S. The Bertz CT molecular complexity index is 1140. The minimum absolute atomic E-state index is 0.453. The third-order valence-electron chi connectivity index (χ3n) is 4.11. The number of aryl methyl sites for hydroxylation is 2. The van der Waals surface area contributed by atoms with Gasteiger partial charge in [-0.15, -0.1) is 10.2 Å². The largest absolute Gasteiger partial charge is 0.497 e. The molecule has 3 heterocycles. The van der Waals surface area contributed by atoms with Crippen molar-refractivity contribution in [2.75, 3.05) is 14.2 Å². The predicted octanol–water partition coefficient (Wildman–Crippen LogP) is 3.10. The minimum atomic E-state index is 0.453. The Balaban J connectivity index is 1.55. The summed E-state index contributed by atoms with van der Waals surface area (Å²) in [6, 6.07) is 7.42. The highest BCUT2D eigenvalue weighted by Crippen LogP contribution is 2.32. The fraction of sp³-hybridized carbons (Fsp3) is 0.278. The highest BCUT2D eigenvalue weighted by molar-refractivity contribution is 7.98. The van der Waals surface area contributed by atoms with Crippen LogP contribution in [0, 0.1) is 13.8 Å². The first-order valence-corrected chi connectivity index (χ1v) is 9.44. The molecule has 4 rings (SSSR count). The molecule has 0 saturated carbocycles. The van der Waals surface area contributed by atoms with E-state index >= 15 is 0 Å². The zero-order chi connectivity index (χ0) is 19.7. The summed E-state index contributed by atoms with van der Waals surface area (Å²) in [6.45, 7) is 3.93. The lowest BCUT2D eigenvalue weighted by Gasteiger charge is -2.07. The molecule has 1 aromatic carbocycles. The van der Waals surface area contributed by atoms with Gasteiger partial charge in [0.15, 0.2) is 5.16 Å². The van der Waals surface area contributed by atoms with Crippen molar-refractivity contribution >= 4 is 17.5 Å². The average molecular weight is 398 g/mol. The second-order valence-corrected chi connectivity index (χ2v) is 6.97. The third-order valence-corrected chi connectivity index (χ3v) is 5.02. The standard InChI is InChI=1S/C18H18N6O3S/c1-10-7-11(2)24-17(19-10)21-22-18(24)28-9-15-20-16(23-27-15)13-6-5-12(25-3)8-14(13)26-4/h5-8H,9H2,1-4H3. The molecule has 0 aliphatic heterocycles. The number of hydrogen-bond donors (Lipinski definition) is 0. The topological polar surface area (TPSA) is 100 Å². The second kappa shape index (κ2) is 7.47. The lowest BCUT2D eigenvalue weighted by atomic mass is 10.2. The Morgan fingerprint density at radius 2 is 1.93 bits per heavy atom. The van der Waals surface area contributed by atoms with Gasteiger partial charge >= 0.3 is 0 Å². The van der Waals surface area contributed by atoms with Gasteiger partial charge in [0.05, 0.1) is 25.5 Å². The number of hydrogen-bond acceptors (Lipinski definition) is 9. The van der Waals surface area contributed by atoms with Crippen molar-refractivity contribution in [1.82, 2.24) is 29.7 Å². The van der Waals surface area contributed by atoms with Gasteiger partial charge in [0.25, 0.3) is 5.78 Å². The first kappa shape index (κ1) is 18.2. The molecule has 144 valence electrons. The molecule has 9 nitrogen and oxygen atoms in total. The Labute approximate surface area is 165 Å². The van der Waals surface area contributed by atoms with Crippen molar-refractivity contribution in [3.8, 4) is 22.9 Å². The Morgan fingerprint density at radius 3 is 2.71 bits per heavy atom. The van der Waals surface area contributed by atoms with E-state index in [2.05, 4.69) is 25.3 Å². The smallest absolute Gasteiger partial charge is 0.256 e. The van der Waals surface area contributed by atoms with E-state index in [1.165, 1.54) is 11.8 Å². The number of methoxy groups -OCH3 is 2. The summed E-state index contributed by atoms with van der Waals surface area (Å²) in [4.78, 5) is 8.86. The van der Waals surface area contributed by atoms with E-state index < -0.39 is 0 Å². The van der Waals surface area contributed by atoms with Gasteiger partial charge in [-0.1, -0.05) is 16.9 Å². The van der Waals surface area contributed by atoms with E-state index in [1.54, 1.807) is 20.3 Å². The summed E-state index contributed by atoms with van der Waals surface area (Å²) in [7, 11) is 3.19. The second-order valence-electron chi connectivity index (χ2n) is 6.02. The molecule has 0 amide bonds. The number of fused-ring (bicyclic) bond motifs is 1. The molecule has 0 N–H and O–H groups in total. The number of benzene rings is 1. The lowest BCUT2D eigenvalue weighted by molar-refractivity contribution is 0.388. The molecule has 10 heteroatoms. The van der Waals surface area contributed by atoms with Gasteiger partial charge in [-0.2, -0.15) is 4.98 Å². The summed E-state index contributed by atoms with van der Waals surface area (Å²) < 4.78 is 17.9. The summed E-state index contributed by atoms with van der Waals surface area (Å²) in [5, 5.41) is 13.1. The third kappa shape index (κ3) is 3.38. The summed E-state index contributed by atoms with van der Waals surface area (Å²) >= 11 is 1.46. The minimum Gasteiger partial charge on any atom is -0.497 e.